The summed E-state index contributed by atoms with van der Waals surface area (Å²) in [7, 11) is 1.85. The van der Waals surface area contributed by atoms with Crippen LogP contribution in [0.3, 0.4) is 0 Å². The summed E-state index contributed by atoms with van der Waals surface area (Å²) < 4.78 is 1.71. The van der Waals surface area contributed by atoms with Crippen LogP contribution in [-0.2, 0) is 11.8 Å². The Morgan fingerprint density at radius 3 is 2.70 bits per heavy atom. The highest BCUT2D eigenvalue weighted by Crippen LogP contribution is 2.24. The number of benzene rings is 1. The highest BCUT2D eigenvalue weighted by atomic mass is 16.2. The maximum atomic E-state index is 12.9. The van der Waals surface area contributed by atoms with E-state index in [9.17, 15) is 4.79 Å². The molecule has 0 aliphatic carbocycles. The molecule has 1 amide bonds. The zero-order valence-corrected chi connectivity index (χ0v) is 15.5. The Bertz CT molecular complexity index is 949. The van der Waals surface area contributed by atoms with Crippen LogP contribution in [0.2, 0.25) is 0 Å². The molecule has 1 N–H and O–H groups in total. The average Bonchev–Trinajstić information content (AvgIpc) is 3.10. The van der Waals surface area contributed by atoms with Gasteiger partial charge in [-0.2, -0.15) is 5.10 Å². The highest BCUT2D eigenvalue weighted by Gasteiger charge is 2.30. The molecule has 1 aliphatic heterocycles. The van der Waals surface area contributed by atoms with Crippen molar-refractivity contribution in [3.05, 3.63) is 54.6 Å². The van der Waals surface area contributed by atoms with Gasteiger partial charge in [-0.1, -0.05) is 0 Å². The van der Waals surface area contributed by atoms with Crippen LogP contribution >= 0.6 is 0 Å². The average molecular weight is 362 g/mol. The van der Waals surface area contributed by atoms with Gasteiger partial charge in [0.1, 0.15) is 6.04 Å². The third-order valence-electron chi connectivity index (χ3n) is 4.72. The maximum Gasteiger partial charge on any atom is 0.249 e. The van der Waals surface area contributed by atoms with E-state index in [2.05, 4.69) is 20.4 Å². The summed E-state index contributed by atoms with van der Waals surface area (Å²) in [6.45, 7) is 2.68. The van der Waals surface area contributed by atoms with E-state index >= 15 is 0 Å². The van der Waals surface area contributed by atoms with Crippen LogP contribution in [0.25, 0.3) is 11.4 Å². The Morgan fingerprint density at radius 1 is 1.19 bits per heavy atom. The van der Waals surface area contributed by atoms with Gasteiger partial charge in [0.05, 0.1) is 11.9 Å². The minimum absolute atomic E-state index is 0.0837. The Kier molecular flexibility index (Phi) is 4.58. The molecule has 1 aliphatic rings. The summed E-state index contributed by atoms with van der Waals surface area (Å²) in [6, 6.07) is 9.53. The Balaban J connectivity index is 1.47. The fourth-order valence-corrected chi connectivity index (χ4v) is 3.32. The van der Waals surface area contributed by atoms with Crippen molar-refractivity contribution in [3.63, 3.8) is 0 Å². The number of aryl methyl sites for hydroxylation is 2. The number of carbonyl (C=O) groups is 1. The van der Waals surface area contributed by atoms with Crippen LogP contribution in [-0.4, -0.2) is 38.2 Å². The molecule has 0 bridgehead atoms. The maximum absolute atomic E-state index is 12.9. The fourth-order valence-electron chi connectivity index (χ4n) is 3.32. The lowest BCUT2D eigenvalue weighted by Gasteiger charge is -2.32. The van der Waals surface area contributed by atoms with Gasteiger partial charge in [-0.25, -0.2) is 9.97 Å². The second-order valence-electron chi connectivity index (χ2n) is 6.80. The molecule has 1 unspecified atom stereocenters. The molecular weight excluding hydrogens is 340 g/mol. The molecule has 27 heavy (non-hydrogen) atoms. The van der Waals surface area contributed by atoms with E-state index < -0.39 is 0 Å². The number of rotatable bonds is 4. The molecule has 7 nitrogen and oxygen atoms in total. The highest BCUT2D eigenvalue weighted by molar-refractivity contribution is 5.99. The topological polar surface area (TPSA) is 75.9 Å². The van der Waals surface area contributed by atoms with Crippen LogP contribution in [0.4, 0.5) is 11.4 Å². The third kappa shape index (κ3) is 3.67. The Labute approximate surface area is 158 Å². The number of nitrogens with zero attached hydrogens (tertiary/aromatic N) is 5. The van der Waals surface area contributed by atoms with Crippen LogP contribution in [0, 0.1) is 6.92 Å². The van der Waals surface area contributed by atoms with Crippen molar-refractivity contribution in [2.75, 3.05) is 16.8 Å². The summed E-state index contributed by atoms with van der Waals surface area (Å²) in [4.78, 5) is 23.4. The van der Waals surface area contributed by atoms with E-state index in [1.165, 1.54) is 0 Å². The standard InChI is InChI=1S/C20H22N6O/c1-14-9-10-21-19(23-14)15-5-7-16(8-6-15)24-18-4-3-11-26(20(18)27)17-12-22-25(2)13-17/h5-10,12-13,18,24H,3-4,11H2,1-2H3. The zero-order chi connectivity index (χ0) is 18.8. The van der Waals surface area contributed by atoms with Gasteiger partial charge in [-0.05, 0) is 50.1 Å². The second-order valence-corrected chi connectivity index (χ2v) is 6.80. The molecule has 138 valence electrons. The van der Waals surface area contributed by atoms with Gasteiger partial charge < -0.3 is 10.2 Å². The van der Waals surface area contributed by atoms with E-state index in [0.717, 1.165) is 42.0 Å². The van der Waals surface area contributed by atoms with Crippen molar-refractivity contribution < 1.29 is 4.79 Å². The molecule has 0 spiro atoms. The number of piperidine rings is 1. The first-order chi connectivity index (χ1) is 13.1. The molecular formula is C20H22N6O. The SMILES string of the molecule is Cc1ccnc(-c2ccc(NC3CCCN(c4cnn(C)c4)C3=O)cc2)n1. The first kappa shape index (κ1) is 17.2. The lowest BCUT2D eigenvalue weighted by atomic mass is 10.0. The fraction of sp³-hybridized carbons (Fsp3) is 0.300. The molecule has 3 aromatic rings. The van der Waals surface area contributed by atoms with Crippen molar-refractivity contribution >= 4 is 17.3 Å². The summed E-state index contributed by atoms with van der Waals surface area (Å²) >= 11 is 0. The zero-order valence-electron chi connectivity index (χ0n) is 15.5. The lowest BCUT2D eigenvalue weighted by Crippen LogP contribution is -2.47. The van der Waals surface area contributed by atoms with Crippen molar-refractivity contribution in [3.8, 4) is 11.4 Å². The number of aromatic nitrogens is 4. The number of nitrogens with one attached hydrogen (secondary N) is 1. The van der Waals surface area contributed by atoms with Gasteiger partial charge >= 0.3 is 0 Å². The lowest BCUT2D eigenvalue weighted by molar-refractivity contribution is -0.120. The molecule has 7 heteroatoms. The van der Waals surface area contributed by atoms with E-state index in [1.807, 2.05) is 55.4 Å². The minimum Gasteiger partial charge on any atom is -0.374 e. The molecule has 1 atom stereocenters. The van der Waals surface area contributed by atoms with Crippen LogP contribution in [0.1, 0.15) is 18.5 Å². The van der Waals surface area contributed by atoms with E-state index in [1.54, 1.807) is 17.1 Å². The Morgan fingerprint density at radius 2 is 2.00 bits per heavy atom. The van der Waals surface area contributed by atoms with Gasteiger partial charge in [0.25, 0.3) is 0 Å². The quantitative estimate of drug-likeness (QED) is 0.772. The molecule has 4 rings (SSSR count). The van der Waals surface area contributed by atoms with Crippen LogP contribution in [0.5, 0.6) is 0 Å². The van der Waals surface area contributed by atoms with Crippen molar-refractivity contribution in [2.24, 2.45) is 7.05 Å². The number of anilines is 2. The normalized spacial score (nSPS) is 17.2. The number of carbonyl (C=O) groups excluding carboxylic acids is 1. The monoisotopic (exact) mass is 362 g/mol. The van der Waals surface area contributed by atoms with E-state index in [4.69, 9.17) is 0 Å². The predicted molar refractivity (Wildman–Crippen MR) is 104 cm³/mol. The van der Waals surface area contributed by atoms with E-state index in [-0.39, 0.29) is 11.9 Å². The second kappa shape index (κ2) is 7.19. The smallest absolute Gasteiger partial charge is 0.249 e. The van der Waals surface area contributed by atoms with Crippen molar-refractivity contribution in [1.82, 2.24) is 19.7 Å². The largest absolute Gasteiger partial charge is 0.374 e. The van der Waals surface area contributed by atoms with Crippen LogP contribution < -0.4 is 10.2 Å². The Hall–Kier alpha value is -3.22. The third-order valence-corrected chi connectivity index (χ3v) is 4.72. The first-order valence-electron chi connectivity index (χ1n) is 9.07. The van der Waals surface area contributed by atoms with Crippen molar-refractivity contribution in [1.29, 1.82) is 0 Å². The molecule has 1 saturated heterocycles. The molecule has 3 heterocycles. The van der Waals surface area contributed by atoms with Crippen molar-refractivity contribution in [2.45, 2.75) is 25.8 Å². The van der Waals surface area contributed by atoms with E-state index in [0.29, 0.717) is 5.82 Å². The molecule has 0 radical (unpaired) electrons. The summed E-state index contributed by atoms with van der Waals surface area (Å²) in [5.74, 6) is 0.790. The molecule has 1 fully saturated rings. The molecule has 0 saturated carbocycles. The van der Waals surface area contributed by atoms with Gasteiger partial charge in [0, 0.05) is 42.9 Å². The molecule has 1 aromatic carbocycles. The van der Waals surface area contributed by atoms with Crippen LogP contribution in [0.15, 0.2) is 48.9 Å². The van der Waals surface area contributed by atoms with Gasteiger partial charge in [-0.15, -0.1) is 0 Å². The molecule has 2 aromatic heterocycles. The summed E-state index contributed by atoms with van der Waals surface area (Å²) in [5, 5.41) is 7.54. The number of amides is 1. The van der Waals surface area contributed by atoms with Gasteiger partial charge in [-0.3, -0.25) is 9.48 Å². The first-order valence-corrected chi connectivity index (χ1v) is 9.07. The number of hydrogen-bond acceptors (Lipinski definition) is 5. The van der Waals surface area contributed by atoms with Gasteiger partial charge in [0.2, 0.25) is 5.91 Å². The predicted octanol–water partition coefficient (Wildman–Crippen LogP) is 2.79. The summed E-state index contributed by atoms with van der Waals surface area (Å²) in [5.41, 5.74) is 3.65. The number of hydrogen-bond donors (Lipinski definition) is 1. The minimum atomic E-state index is -0.236. The summed E-state index contributed by atoms with van der Waals surface area (Å²) in [6.07, 6.45) is 7.14. The van der Waals surface area contributed by atoms with Gasteiger partial charge in [0.15, 0.2) is 5.82 Å².